The van der Waals surface area contributed by atoms with Crippen LogP contribution in [-0.2, 0) is 20.7 Å². The van der Waals surface area contributed by atoms with Crippen LogP contribution in [0.15, 0.2) is 22.3 Å². The van der Waals surface area contributed by atoms with Gasteiger partial charge in [0, 0.05) is 6.42 Å². The van der Waals surface area contributed by atoms with Crippen LogP contribution < -0.4 is 0 Å². The lowest BCUT2D eigenvalue weighted by molar-refractivity contribution is 0.316. The van der Waals surface area contributed by atoms with Crippen LogP contribution in [0.25, 0.3) is 5.76 Å². The minimum Gasteiger partial charge on any atom is -0.469 e. The van der Waals surface area contributed by atoms with E-state index in [2.05, 4.69) is 0 Å². The molecule has 98 valence electrons. The maximum atomic E-state index is 11.8. The molecule has 1 aromatic heterocycles. The first-order valence-electron chi connectivity index (χ1n) is 5.86. The van der Waals surface area contributed by atoms with Crippen molar-refractivity contribution >= 4 is 15.9 Å². The molecule has 0 amide bonds. The molecule has 1 aliphatic heterocycles. The minimum atomic E-state index is -3.51. The Balaban J connectivity index is 2.16. The monoisotopic (exact) mass is 269 g/mol. The fourth-order valence-electron chi connectivity index (χ4n) is 2.60. The van der Waals surface area contributed by atoms with Gasteiger partial charge in [-0.1, -0.05) is 0 Å². The molecule has 0 fully saturated rings. The average Bonchev–Trinajstić information content (AvgIpc) is 2.75. The molecule has 0 saturated carbocycles. The molecule has 2 aliphatic rings. The van der Waals surface area contributed by atoms with E-state index in [1.165, 1.54) is 0 Å². The average molecular weight is 269 g/mol. The summed E-state index contributed by atoms with van der Waals surface area (Å²) in [5.74, 6) is 1.31. The molecule has 0 saturated heterocycles. The van der Waals surface area contributed by atoms with E-state index in [9.17, 15) is 8.42 Å². The van der Waals surface area contributed by atoms with Gasteiger partial charge in [0.2, 0.25) is 0 Å². The number of hydrogen-bond donors (Lipinski definition) is 0. The maximum Gasteiger partial charge on any atom is 0.311 e. The Labute approximate surface area is 106 Å². The van der Waals surface area contributed by atoms with Crippen LogP contribution in [0, 0.1) is 0 Å². The van der Waals surface area contributed by atoms with Crippen molar-refractivity contribution in [3.63, 3.8) is 0 Å². The lowest BCUT2D eigenvalue weighted by Crippen LogP contribution is -2.41. The zero-order valence-electron chi connectivity index (χ0n) is 10.3. The van der Waals surface area contributed by atoms with Crippen LogP contribution in [0.4, 0.5) is 0 Å². The largest absolute Gasteiger partial charge is 0.469 e. The Morgan fingerprint density at radius 1 is 1.33 bits per heavy atom. The van der Waals surface area contributed by atoms with Gasteiger partial charge in [0.25, 0.3) is 0 Å². The molecule has 1 aliphatic carbocycles. The Morgan fingerprint density at radius 3 is 2.83 bits per heavy atom. The summed E-state index contributed by atoms with van der Waals surface area (Å²) in [5.41, 5.74) is 1.84. The number of aryl methyl sites for hydroxylation is 1. The first-order chi connectivity index (χ1) is 8.48. The summed E-state index contributed by atoms with van der Waals surface area (Å²) in [7, 11) is 0.271. The molecular weight excluding hydrogens is 254 g/mol. The third-order valence-electron chi connectivity index (χ3n) is 3.50. The van der Waals surface area contributed by atoms with E-state index in [0.717, 1.165) is 29.7 Å². The van der Waals surface area contributed by atoms with Crippen molar-refractivity contribution in [2.45, 2.75) is 18.9 Å². The quantitative estimate of drug-likeness (QED) is 0.718. The third-order valence-corrected chi connectivity index (χ3v) is 4.65. The number of nitrogens with zero attached hydrogens (tertiary/aromatic N) is 1. The number of likely N-dealkylation sites (N-methyl/N-ethyl adjacent to an activating group) is 1. The Kier molecular flexibility index (Phi) is 2.53. The molecule has 0 aromatic carbocycles. The van der Waals surface area contributed by atoms with Gasteiger partial charge in [0.05, 0.1) is 17.9 Å². The van der Waals surface area contributed by atoms with Gasteiger partial charge >= 0.3 is 10.1 Å². The van der Waals surface area contributed by atoms with Gasteiger partial charge in [-0.05, 0) is 32.2 Å². The fourth-order valence-corrected chi connectivity index (χ4v) is 4.01. The van der Waals surface area contributed by atoms with Crippen molar-refractivity contribution < 1.29 is 17.0 Å². The first kappa shape index (κ1) is 11.8. The van der Waals surface area contributed by atoms with Crippen molar-refractivity contribution in [1.29, 1.82) is 0 Å². The lowest BCUT2D eigenvalue weighted by Gasteiger charge is -2.34. The molecule has 3 rings (SSSR count). The van der Waals surface area contributed by atoms with Crippen LogP contribution in [0.3, 0.4) is 0 Å². The van der Waals surface area contributed by atoms with E-state index in [4.69, 9.17) is 8.60 Å². The van der Waals surface area contributed by atoms with E-state index >= 15 is 0 Å². The number of fused-ring (bicyclic) bond motifs is 2. The molecule has 6 heteroatoms. The molecule has 0 radical (unpaired) electrons. The summed E-state index contributed by atoms with van der Waals surface area (Å²) < 4.78 is 34.2. The van der Waals surface area contributed by atoms with Gasteiger partial charge in [0.1, 0.15) is 11.5 Å². The minimum absolute atomic E-state index is 0.0199. The second-order valence-corrected chi connectivity index (χ2v) is 6.51. The van der Waals surface area contributed by atoms with Crippen LogP contribution >= 0.6 is 0 Å². The van der Waals surface area contributed by atoms with Crippen LogP contribution in [0.1, 0.15) is 17.7 Å². The summed E-state index contributed by atoms with van der Waals surface area (Å²) >= 11 is 0. The Bertz CT molecular complexity index is 612. The number of rotatable bonds is 1. The predicted molar refractivity (Wildman–Crippen MR) is 66.3 cm³/mol. The SMILES string of the molecule is CN(C)C1CS(=O)(=O)OC2=C1CCc1occc12. The lowest BCUT2D eigenvalue weighted by atomic mass is 9.91. The predicted octanol–water partition coefficient (Wildman–Crippen LogP) is 1.23. The van der Waals surface area contributed by atoms with Crippen molar-refractivity contribution in [1.82, 2.24) is 4.90 Å². The molecule has 5 nitrogen and oxygen atoms in total. The second-order valence-electron chi connectivity index (χ2n) is 4.90. The number of furan rings is 1. The molecule has 1 atom stereocenters. The van der Waals surface area contributed by atoms with E-state index in [-0.39, 0.29) is 11.8 Å². The van der Waals surface area contributed by atoms with Gasteiger partial charge in [-0.3, -0.25) is 0 Å². The van der Waals surface area contributed by atoms with Crippen molar-refractivity contribution in [3.8, 4) is 0 Å². The summed E-state index contributed by atoms with van der Waals surface area (Å²) in [6.45, 7) is 0. The van der Waals surface area contributed by atoms with Gasteiger partial charge in [-0.2, -0.15) is 8.42 Å². The van der Waals surface area contributed by atoms with Crippen LogP contribution in [-0.4, -0.2) is 39.2 Å². The summed E-state index contributed by atoms with van der Waals surface area (Å²) in [5, 5.41) is 0. The van der Waals surface area contributed by atoms with Crippen molar-refractivity contribution in [2.24, 2.45) is 0 Å². The zero-order chi connectivity index (χ0) is 12.9. The second kappa shape index (κ2) is 3.86. The standard InChI is InChI=1S/C12H15NO4S/c1-13(2)10-7-18(14,15)17-12-8(10)3-4-11-9(12)5-6-16-11/h5-6,10H,3-4,7H2,1-2H3. The maximum absolute atomic E-state index is 11.8. The first-order valence-corrected chi connectivity index (χ1v) is 7.44. The van der Waals surface area contributed by atoms with E-state index in [0.29, 0.717) is 5.76 Å². The molecular formula is C12H15NO4S. The topological polar surface area (TPSA) is 59.8 Å². The van der Waals surface area contributed by atoms with Gasteiger partial charge in [-0.15, -0.1) is 0 Å². The molecule has 0 bridgehead atoms. The molecule has 1 aromatic rings. The van der Waals surface area contributed by atoms with Crippen molar-refractivity contribution in [2.75, 3.05) is 19.8 Å². The van der Waals surface area contributed by atoms with E-state index in [1.54, 1.807) is 12.3 Å². The van der Waals surface area contributed by atoms with Gasteiger partial charge in [-0.25, -0.2) is 0 Å². The highest BCUT2D eigenvalue weighted by Gasteiger charge is 2.38. The molecule has 2 heterocycles. The molecule has 0 spiro atoms. The third kappa shape index (κ3) is 1.76. The van der Waals surface area contributed by atoms with Crippen LogP contribution in [0.5, 0.6) is 0 Å². The summed E-state index contributed by atoms with van der Waals surface area (Å²) in [6, 6.07) is 1.67. The smallest absolute Gasteiger partial charge is 0.311 e. The normalized spacial score (nSPS) is 25.6. The highest BCUT2D eigenvalue weighted by atomic mass is 32.2. The fraction of sp³-hybridized carbons (Fsp3) is 0.500. The Morgan fingerprint density at radius 2 is 2.11 bits per heavy atom. The highest BCUT2D eigenvalue weighted by molar-refractivity contribution is 7.87. The Hall–Kier alpha value is -1.27. The zero-order valence-corrected chi connectivity index (χ0v) is 11.2. The van der Waals surface area contributed by atoms with E-state index in [1.807, 2.05) is 19.0 Å². The molecule has 1 unspecified atom stereocenters. The highest BCUT2D eigenvalue weighted by Crippen LogP contribution is 2.39. The molecule has 0 N–H and O–H groups in total. The van der Waals surface area contributed by atoms with E-state index < -0.39 is 10.1 Å². The van der Waals surface area contributed by atoms with Gasteiger partial charge in [0.15, 0.2) is 5.76 Å². The molecule has 18 heavy (non-hydrogen) atoms. The van der Waals surface area contributed by atoms with Crippen molar-refractivity contribution in [3.05, 3.63) is 29.2 Å². The number of hydrogen-bond acceptors (Lipinski definition) is 5. The summed E-state index contributed by atoms with van der Waals surface area (Å²) in [6.07, 6.45) is 3.17. The van der Waals surface area contributed by atoms with Crippen LogP contribution in [0.2, 0.25) is 0 Å². The summed E-state index contributed by atoms with van der Waals surface area (Å²) in [4.78, 5) is 1.93. The van der Waals surface area contributed by atoms with Gasteiger partial charge < -0.3 is 13.5 Å².